The zero-order valence-electron chi connectivity index (χ0n) is 13.5. The summed E-state index contributed by atoms with van der Waals surface area (Å²) in [6, 6.07) is 11.3. The first-order valence-corrected chi connectivity index (χ1v) is 8.81. The van der Waals surface area contributed by atoms with Gasteiger partial charge in [-0.15, -0.1) is 0 Å². The smallest absolute Gasteiger partial charge is 0.259 e. The summed E-state index contributed by atoms with van der Waals surface area (Å²) in [7, 11) is 1.94. The molecule has 1 saturated heterocycles. The van der Waals surface area contributed by atoms with Crippen LogP contribution in [0.25, 0.3) is 0 Å². The maximum atomic E-state index is 12.9. The number of halogens is 1. The predicted octanol–water partition coefficient (Wildman–Crippen LogP) is 3.46. The SMILES string of the molecule is CNC1CCCN(C(=O)c2cccnc2Oc2ccc(Br)cc2)C1. The molecule has 1 aliphatic rings. The van der Waals surface area contributed by atoms with Crippen molar-refractivity contribution >= 4 is 21.8 Å². The van der Waals surface area contributed by atoms with E-state index in [4.69, 9.17) is 4.74 Å². The van der Waals surface area contributed by atoms with Crippen molar-refractivity contribution in [3.8, 4) is 11.6 Å². The van der Waals surface area contributed by atoms with E-state index >= 15 is 0 Å². The summed E-state index contributed by atoms with van der Waals surface area (Å²) in [6.45, 7) is 1.48. The maximum Gasteiger partial charge on any atom is 0.259 e. The molecule has 0 bridgehead atoms. The number of pyridine rings is 1. The molecule has 0 spiro atoms. The molecule has 1 unspecified atom stereocenters. The maximum absolute atomic E-state index is 12.9. The molecule has 1 atom stereocenters. The van der Waals surface area contributed by atoms with Gasteiger partial charge in [0.25, 0.3) is 5.91 Å². The molecule has 0 aliphatic carbocycles. The Bertz CT molecular complexity index is 706. The van der Waals surface area contributed by atoms with Gasteiger partial charge in [0.1, 0.15) is 11.3 Å². The fraction of sp³-hybridized carbons (Fsp3) is 0.333. The highest BCUT2D eigenvalue weighted by molar-refractivity contribution is 9.10. The number of hydrogen-bond donors (Lipinski definition) is 1. The van der Waals surface area contributed by atoms with Crippen molar-refractivity contribution < 1.29 is 9.53 Å². The average molecular weight is 390 g/mol. The van der Waals surface area contributed by atoms with E-state index in [0.29, 0.717) is 29.8 Å². The van der Waals surface area contributed by atoms with E-state index in [9.17, 15) is 4.79 Å². The summed E-state index contributed by atoms with van der Waals surface area (Å²) in [5, 5.41) is 3.25. The van der Waals surface area contributed by atoms with Crippen molar-refractivity contribution in [1.29, 1.82) is 0 Å². The standard InChI is InChI=1S/C18H20BrN3O2/c1-20-14-4-3-11-22(12-14)18(23)16-5-2-10-21-17(16)24-15-8-6-13(19)7-9-15/h2,5-10,14,20H,3-4,11-12H2,1H3. The van der Waals surface area contributed by atoms with Crippen molar-refractivity contribution in [3.05, 3.63) is 52.6 Å². The molecule has 24 heavy (non-hydrogen) atoms. The summed E-state index contributed by atoms with van der Waals surface area (Å²) < 4.78 is 6.81. The van der Waals surface area contributed by atoms with E-state index in [1.165, 1.54) is 0 Å². The minimum Gasteiger partial charge on any atom is -0.438 e. The number of aromatic nitrogens is 1. The molecule has 1 N–H and O–H groups in total. The van der Waals surface area contributed by atoms with Gasteiger partial charge < -0.3 is 15.0 Å². The number of piperidine rings is 1. The average Bonchev–Trinajstić information content (AvgIpc) is 2.63. The monoisotopic (exact) mass is 389 g/mol. The molecule has 3 rings (SSSR count). The largest absolute Gasteiger partial charge is 0.438 e. The van der Waals surface area contributed by atoms with Crippen molar-refractivity contribution in [2.45, 2.75) is 18.9 Å². The number of carbonyl (C=O) groups is 1. The van der Waals surface area contributed by atoms with Gasteiger partial charge in [0, 0.05) is 29.8 Å². The second-order valence-corrected chi connectivity index (χ2v) is 6.71. The molecule has 1 amide bonds. The number of carbonyl (C=O) groups excluding carboxylic acids is 1. The fourth-order valence-corrected chi connectivity index (χ4v) is 3.08. The molecular formula is C18H20BrN3O2. The Kier molecular flexibility index (Phi) is 5.48. The van der Waals surface area contributed by atoms with E-state index in [2.05, 4.69) is 26.2 Å². The van der Waals surface area contributed by atoms with Crippen LogP contribution in [0.5, 0.6) is 11.6 Å². The topological polar surface area (TPSA) is 54.5 Å². The van der Waals surface area contributed by atoms with Gasteiger partial charge in [-0.1, -0.05) is 15.9 Å². The van der Waals surface area contributed by atoms with Gasteiger partial charge in [0.2, 0.25) is 5.88 Å². The number of likely N-dealkylation sites (tertiary alicyclic amines) is 1. The number of amides is 1. The lowest BCUT2D eigenvalue weighted by molar-refractivity contribution is 0.0695. The van der Waals surface area contributed by atoms with Gasteiger partial charge in [-0.25, -0.2) is 4.98 Å². The summed E-state index contributed by atoms with van der Waals surface area (Å²) in [6.07, 6.45) is 3.73. The predicted molar refractivity (Wildman–Crippen MR) is 96.4 cm³/mol. The van der Waals surface area contributed by atoms with Crippen LogP contribution in [-0.4, -0.2) is 42.0 Å². The number of nitrogens with zero attached hydrogens (tertiary/aromatic N) is 2. The first-order valence-electron chi connectivity index (χ1n) is 8.02. The molecule has 1 aliphatic heterocycles. The minimum atomic E-state index is -0.0323. The van der Waals surface area contributed by atoms with Crippen molar-refractivity contribution in [2.75, 3.05) is 20.1 Å². The first-order chi connectivity index (χ1) is 11.7. The second kappa shape index (κ2) is 7.77. The molecule has 2 aromatic rings. The molecule has 1 aromatic heterocycles. The van der Waals surface area contributed by atoms with Gasteiger partial charge in [-0.3, -0.25) is 4.79 Å². The first kappa shape index (κ1) is 16.9. The van der Waals surface area contributed by atoms with Crippen molar-refractivity contribution in [3.63, 3.8) is 0 Å². The molecular weight excluding hydrogens is 370 g/mol. The molecule has 0 radical (unpaired) electrons. The van der Waals surface area contributed by atoms with Crippen molar-refractivity contribution in [2.24, 2.45) is 0 Å². The number of hydrogen-bond acceptors (Lipinski definition) is 4. The molecule has 0 saturated carbocycles. The van der Waals surface area contributed by atoms with E-state index in [-0.39, 0.29) is 5.91 Å². The fourth-order valence-electron chi connectivity index (χ4n) is 2.82. The van der Waals surface area contributed by atoms with E-state index in [1.807, 2.05) is 36.2 Å². The number of ether oxygens (including phenoxy) is 1. The lowest BCUT2D eigenvalue weighted by atomic mass is 10.0. The van der Waals surface area contributed by atoms with Gasteiger partial charge in [0.15, 0.2) is 0 Å². The second-order valence-electron chi connectivity index (χ2n) is 5.79. The van der Waals surface area contributed by atoms with Crippen LogP contribution in [0.1, 0.15) is 23.2 Å². The van der Waals surface area contributed by atoms with Crippen LogP contribution >= 0.6 is 15.9 Å². The number of benzene rings is 1. The van der Waals surface area contributed by atoms with E-state index < -0.39 is 0 Å². The van der Waals surface area contributed by atoms with E-state index in [1.54, 1.807) is 18.3 Å². The minimum absolute atomic E-state index is 0.0323. The lowest BCUT2D eigenvalue weighted by Crippen LogP contribution is -2.47. The normalized spacial score (nSPS) is 17.6. The lowest BCUT2D eigenvalue weighted by Gasteiger charge is -2.32. The Balaban J connectivity index is 1.80. The van der Waals surface area contributed by atoms with Crippen LogP contribution in [0, 0.1) is 0 Å². The van der Waals surface area contributed by atoms with Gasteiger partial charge in [0.05, 0.1) is 0 Å². The van der Waals surface area contributed by atoms with Gasteiger partial charge in [-0.2, -0.15) is 0 Å². The van der Waals surface area contributed by atoms with Gasteiger partial charge in [-0.05, 0) is 56.3 Å². The summed E-state index contributed by atoms with van der Waals surface area (Å²) in [5.74, 6) is 0.962. The Morgan fingerprint density at radius 1 is 1.33 bits per heavy atom. The zero-order chi connectivity index (χ0) is 16.9. The highest BCUT2D eigenvalue weighted by Gasteiger charge is 2.26. The van der Waals surface area contributed by atoms with Crippen LogP contribution in [0.2, 0.25) is 0 Å². The third-order valence-electron chi connectivity index (χ3n) is 4.15. The number of likely N-dealkylation sites (N-methyl/N-ethyl adjacent to an activating group) is 1. The highest BCUT2D eigenvalue weighted by Crippen LogP contribution is 2.26. The molecule has 126 valence electrons. The zero-order valence-corrected chi connectivity index (χ0v) is 15.1. The molecule has 2 heterocycles. The van der Waals surface area contributed by atoms with Crippen LogP contribution < -0.4 is 10.1 Å². The highest BCUT2D eigenvalue weighted by atomic mass is 79.9. The number of rotatable bonds is 4. The van der Waals surface area contributed by atoms with E-state index in [0.717, 1.165) is 23.9 Å². The van der Waals surface area contributed by atoms with Crippen LogP contribution in [0.4, 0.5) is 0 Å². The Morgan fingerprint density at radius 3 is 2.88 bits per heavy atom. The molecule has 1 aromatic carbocycles. The van der Waals surface area contributed by atoms with Crippen LogP contribution in [0.15, 0.2) is 47.1 Å². The van der Waals surface area contributed by atoms with Gasteiger partial charge >= 0.3 is 0 Å². The quantitative estimate of drug-likeness (QED) is 0.869. The summed E-state index contributed by atoms with van der Waals surface area (Å²) in [4.78, 5) is 19.0. The molecule has 1 fully saturated rings. The molecule has 6 heteroatoms. The molecule has 5 nitrogen and oxygen atoms in total. The third kappa shape index (κ3) is 3.94. The summed E-state index contributed by atoms with van der Waals surface area (Å²) >= 11 is 3.40. The van der Waals surface area contributed by atoms with Crippen molar-refractivity contribution in [1.82, 2.24) is 15.2 Å². The third-order valence-corrected chi connectivity index (χ3v) is 4.68. The Labute approximate surface area is 150 Å². The van der Waals surface area contributed by atoms with Crippen LogP contribution in [-0.2, 0) is 0 Å². The number of nitrogens with one attached hydrogen (secondary N) is 1. The van der Waals surface area contributed by atoms with Crippen LogP contribution in [0.3, 0.4) is 0 Å². The Morgan fingerprint density at radius 2 is 2.12 bits per heavy atom. The summed E-state index contributed by atoms with van der Waals surface area (Å²) in [5.41, 5.74) is 0.497. The Hall–Kier alpha value is -1.92.